The predicted octanol–water partition coefficient (Wildman–Crippen LogP) is 3.51. The maximum absolute atomic E-state index is 13.0. The average molecular weight is 269 g/mol. The van der Waals surface area contributed by atoms with Crippen LogP contribution in [-0.4, -0.2) is 21.4 Å². The van der Waals surface area contributed by atoms with E-state index in [1.807, 2.05) is 0 Å². The van der Waals surface area contributed by atoms with Gasteiger partial charge in [-0.25, -0.2) is 4.98 Å². The largest absolute Gasteiger partial charge is 0.461 e. The van der Waals surface area contributed by atoms with Crippen molar-refractivity contribution in [3.8, 4) is 0 Å². The molecule has 0 radical (unpaired) electrons. The van der Waals surface area contributed by atoms with Gasteiger partial charge in [0.05, 0.1) is 0 Å². The highest BCUT2D eigenvalue weighted by Crippen LogP contribution is 2.42. The SMILES string of the molecule is FC(F)(F)C(F)(F)c1n[nH]c(C2CCCCC2)n1. The van der Waals surface area contributed by atoms with Crippen LogP contribution in [0.2, 0.25) is 0 Å². The van der Waals surface area contributed by atoms with Gasteiger partial charge in [0.25, 0.3) is 0 Å². The smallest absolute Gasteiger partial charge is 0.263 e. The predicted molar refractivity (Wildman–Crippen MR) is 52.2 cm³/mol. The lowest BCUT2D eigenvalue weighted by Gasteiger charge is -2.19. The van der Waals surface area contributed by atoms with Crippen LogP contribution in [0.25, 0.3) is 0 Å². The Bertz CT molecular complexity index is 406. The summed E-state index contributed by atoms with van der Waals surface area (Å²) in [6, 6.07) is 0. The molecule has 1 aliphatic carbocycles. The van der Waals surface area contributed by atoms with Crippen LogP contribution in [0.4, 0.5) is 22.0 Å². The molecule has 1 fully saturated rings. The molecule has 0 spiro atoms. The molecular formula is C10H12F5N3. The zero-order valence-electron chi connectivity index (χ0n) is 9.40. The van der Waals surface area contributed by atoms with Crippen LogP contribution in [0.1, 0.15) is 49.7 Å². The number of rotatable bonds is 2. The second kappa shape index (κ2) is 4.47. The van der Waals surface area contributed by atoms with Gasteiger partial charge in [0.2, 0.25) is 5.82 Å². The van der Waals surface area contributed by atoms with Gasteiger partial charge in [-0.2, -0.15) is 27.1 Å². The molecule has 0 atom stereocenters. The summed E-state index contributed by atoms with van der Waals surface area (Å²) in [5.74, 6) is -6.45. The lowest BCUT2D eigenvalue weighted by Crippen LogP contribution is -2.34. The van der Waals surface area contributed by atoms with Crippen molar-refractivity contribution in [2.45, 2.75) is 50.1 Å². The Balaban J connectivity index is 2.19. The van der Waals surface area contributed by atoms with Gasteiger partial charge in [-0.3, -0.25) is 5.10 Å². The highest BCUT2D eigenvalue weighted by atomic mass is 19.4. The molecule has 0 aromatic carbocycles. The van der Waals surface area contributed by atoms with Gasteiger partial charge < -0.3 is 0 Å². The molecule has 18 heavy (non-hydrogen) atoms. The summed E-state index contributed by atoms with van der Waals surface area (Å²) in [6.45, 7) is 0. The van der Waals surface area contributed by atoms with Crippen LogP contribution in [0.3, 0.4) is 0 Å². The number of hydrogen-bond donors (Lipinski definition) is 1. The number of nitrogens with zero attached hydrogens (tertiary/aromatic N) is 2. The van der Waals surface area contributed by atoms with Gasteiger partial charge in [0, 0.05) is 5.92 Å². The molecule has 0 amide bonds. The highest BCUT2D eigenvalue weighted by Gasteiger charge is 2.61. The zero-order valence-corrected chi connectivity index (χ0v) is 9.40. The highest BCUT2D eigenvalue weighted by molar-refractivity contribution is 5.05. The quantitative estimate of drug-likeness (QED) is 0.835. The fourth-order valence-electron chi connectivity index (χ4n) is 2.10. The third-order valence-electron chi connectivity index (χ3n) is 3.13. The van der Waals surface area contributed by atoms with Crippen LogP contribution < -0.4 is 0 Å². The molecule has 0 saturated heterocycles. The Morgan fingerprint density at radius 3 is 2.17 bits per heavy atom. The standard InChI is InChI=1S/C10H12F5N3/c11-9(12,10(13,14)15)8-16-7(17-18-8)6-4-2-1-3-5-6/h6H,1-5H2,(H,16,17,18). The molecule has 0 unspecified atom stereocenters. The summed E-state index contributed by atoms with van der Waals surface area (Å²) < 4.78 is 62.3. The van der Waals surface area contributed by atoms with Crippen LogP contribution in [-0.2, 0) is 5.92 Å². The fourth-order valence-corrected chi connectivity index (χ4v) is 2.10. The van der Waals surface area contributed by atoms with E-state index in [9.17, 15) is 22.0 Å². The molecule has 1 N–H and O–H groups in total. The number of halogens is 5. The molecule has 1 aromatic rings. The van der Waals surface area contributed by atoms with Crippen LogP contribution >= 0.6 is 0 Å². The van der Waals surface area contributed by atoms with Gasteiger partial charge >= 0.3 is 12.1 Å². The average Bonchev–Trinajstić information content (AvgIpc) is 2.78. The van der Waals surface area contributed by atoms with Crippen molar-refractivity contribution >= 4 is 0 Å². The van der Waals surface area contributed by atoms with Crippen molar-refractivity contribution in [3.63, 3.8) is 0 Å². The second-order valence-corrected chi connectivity index (χ2v) is 4.45. The minimum absolute atomic E-state index is 0.0935. The Morgan fingerprint density at radius 1 is 1.00 bits per heavy atom. The summed E-state index contributed by atoms with van der Waals surface area (Å²) in [4.78, 5) is 3.34. The molecule has 0 bridgehead atoms. The molecule has 8 heteroatoms. The number of aromatic nitrogens is 3. The monoisotopic (exact) mass is 269 g/mol. The minimum Gasteiger partial charge on any atom is -0.263 e. The van der Waals surface area contributed by atoms with Crippen LogP contribution in [0.5, 0.6) is 0 Å². The first-order valence-corrected chi connectivity index (χ1v) is 5.69. The molecule has 102 valence electrons. The lowest BCUT2D eigenvalue weighted by molar-refractivity contribution is -0.292. The maximum Gasteiger partial charge on any atom is 0.461 e. The number of nitrogens with one attached hydrogen (secondary N) is 1. The summed E-state index contributed by atoms with van der Waals surface area (Å²) in [7, 11) is 0. The second-order valence-electron chi connectivity index (χ2n) is 4.45. The van der Waals surface area contributed by atoms with Crippen LogP contribution in [0.15, 0.2) is 0 Å². The third-order valence-corrected chi connectivity index (χ3v) is 3.13. The lowest BCUT2D eigenvalue weighted by atomic mass is 9.89. The summed E-state index contributed by atoms with van der Waals surface area (Å²) in [5, 5.41) is 5.24. The van der Waals surface area contributed by atoms with Gasteiger partial charge in [-0.1, -0.05) is 19.3 Å². The fraction of sp³-hybridized carbons (Fsp3) is 0.800. The Hall–Kier alpha value is -1.21. The Kier molecular flexibility index (Phi) is 3.29. The first-order valence-electron chi connectivity index (χ1n) is 5.69. The molecule has 0 aliphatic heterocycles. The first kappa shape index (κ1) is 13.2. The molecule has 1 heterocycles. The summed E-state index contributed by atoms with van der Waals surface area (Å²) in [6.07, 6.45) is -1.28. The Labute approximate surface area is 99.8 Å². The number of H-pyrrole nitrogens is 1. The van der Waals surface area contributed by atoms with Gasteiger partial charge in [-0.15, -0.1) is 0 Å². The van der Waals surface area contributed by atoms with Crippen molar-refractivity contribution in [1.82, 2.24) is 15.2 Å². The van der Waals surface area contributed by atoms with Gasteiger partial charge in [0.1, 0.15) is 5.82 Å². The third kappa shape index (κ3) is 2.32. The number of aromatic amines is 1. The first-order chi connectivity index (χ1) is 8.32. The van der Waals surface area contributed by atoms with E-state index in [1.165, 1.54) is 0 Å². The molecule has 1 saturated carbocycles. The van der Waals surface area contributed by atoms with E-state index < -0.39 is 17.9 Å². The van der Waals surface area contributed by atoms with E-state index in [0.29, 0.717) is 0 Å². The molecule has 2 rings (SSSR count). The topological polar surface area (TPSA) is 41.6 Å². The Morgan fingerprint density at radius 2 is 1.61 bits per heavy atom. The van der Waals surface area contributed by atoms with E-state index in [0.717, 1.165) is 32.1 Å². The van der Waals surface area contributed by atoms with Crippen molar-refractivity contribution in [2.24, 2.45) is 0 Å². The zero-order chi connectivity index (χ0) is 13.4. The van der Waals surface area contributed by atoms with Crippen molar-refractivity contribution in [1.29, 1.82) is 0 Å². The van der Waals surface area contributed by atoms with Crippen molar-refractivity contribution in [3.05, 3.63) is 11.6 Å². The van der Waals surface area contributed by atoms with Crippen molar-refractivity contribution in [2.75, 3.05) is 0 Å². The normalized spacial score (nSPS) is 19.2. The maximum atomic E-state index is 13.0. The summed E-state index contributed by atoms with van der Waals surface area (Å²) in [5.41, 5.74) is 0. The van der Waals surface area contributed by atoms with E-state index in [-0.39, 0.29) is 11.7 Å². The van der Waals surface area contributed by atoms with E-state index in [1.54, 1.807) is 0 Å². The molecule has 1 aliphatic rings. The van der Waals surface area contributed by atoms with Gasteiger partial charge in [-0.05, 0) is 12.8 Å². The van der Waals surface area contributed by atoms with E-state index in [2.05, 4.69) is 15.2 Å². The molecule has 3 nitrogen and oxygen atoms in total. The number of alkyl halides is 5. The minimum atomic E-state index is -5.67. The van der Waals surface area contributed by atoms with Crippen molar-refractivity contribution < 1.29 is 22.0 Å². The van der Waals surface area contributed by atoms with E-state index in [4.69, 9.17) is 0 Å². The molecule has 1 aromatic heterocycles. The number of hydrogen-bond acceptors (Lipinski definition) is 2. The van der Waals surface area contributed by atoms with E-state index >= 15 is 0 Å². The van der Waals surface area contributed by atoms with Gasteiger partial charge in [0.15, 0.2) is 0 Å². The summed E-state index contributed by atoms with van der Waals surface area (Å²) >= 11 is 0. The molecular weight excluding hydrogens is 257 g/mol. The van der Waals surface area contributed by atoms with Crippen LogP contribution in [0, 0.1) is 0 Å².